The van der Waals surface area contributed by atoms with Crippen LogP contribution in [0, 0.1) is 12.8 Å². The predicted molar refractivity (Wildman–Crippen MR) is 73.5 cm³/mol. The van der Waals surface area contributed by atoms with E-state index < -0.39 is 6.67 Å². The smallest absolute Gasteiger partial charge is 0.263 e. The number of aromatic nitrogens is 3. The van der Waals surface area contributed by atoms with Crippen molar-refractivity contribution in [2.75, 3.05) is 19.8 Å². The number of thiophene rings is 1. The van der Waals surface area contributed by atoms with E-state index in [9.17, 15) is 9.18 Å². The summed E-state index contributed by atoms with van der Waals surface area (Å²) in [7, 11) is 0. The molecule has 1 amide bonds. The topological polar surface area (TPSA) is 61.9 Å². The van der Waals surface area contributed by atoms with Crippen molar-refractivity contribution in [3.63, 3.8) is 0 Å². The highest BCUT2D eigenvalue weighted by atomic mass is 32.1. The number of aryl methyl sites for hydroxylation is 1. The summed E-state index contributed by atoms with van der Waals surface area (Å²) in [6, 6.07) is 3.64. The van der Waals surface area contributed by atoms with Crippen molar-refractivity contribution in [1.29, 1.82) is 0 Å². The maximum Gasteiger partial charge on any atom is 0.263 e. The molecule has 1 N–H and O–H groups in total. The molecular weight excluding hydrogens is 279 g/mol. The standard InChI is InChI=1S/C13H15FN4OS/c1-8-15-12(17-16-8)10-7-18(6-9(10)5-14)13(19)11-3-2-4-20-11/h2-4,9-10H,5-7H2,1H3,(H,15,16,17)/t9-,10-/m1/s1. The van der Waals surface area contributed by atoms with Crippen LogP contribution in [0.3, 0.4) is 0 Å². The number of aromatic amines is 1. The van der Waals surface area contributed by atoms with E-state index in [-0.39, 0.29) is 17.7 Å². The van der Waals surface area contributed by atoms with Gasteiger partial charge in [-0.05, 0) is 18.4 Å². The van der Waals surface area contributed by atoms with E-state index >= 15 is 0 Å². The minimum atomic E-state index is -0.466. The van der Waals surface area contributed by atoms with Crippen molar-refractivity contribution in [3.05, 3.63) is 34.0 Å². The van der Waals surface area contributed by atoms with E-state index in [0.717, 1.165) is 0 Å². The molecule has 0 aromatic carbocycles. The SMILES string of the molecule is Cc1nc([C@@H]2CN(C(=O)c3cccs3)C[C@H]2CF)n[nH]1. The molecule has 1 saturated heterocycles. The van der Waals surface area contributed by atoms with Crippen LogP contribution in [0.25, 0.3) is 0 Å². The highest BCUT2D eigenvalue weighted by Gasteiger charge is 2.38. The van der Waals surface area contributed by atoms with Crippen molar-refractivity contribution in [2.24, 2.45) is 5.92 Å². The van der Waals surface area contributed by atoms with Crippen LogP contribution in [-0.2, 0) is 0 Å². The molecular formula is C13H15FN4OS. The van der Waals surface area contributed by atoms with Crippen LogP contribution in [-0.4, -0.2) is 45.8 Å². The second-order valence-corrected chi connectivity index (χ2v) is 5.94. The monoisotopic (exact) mass is 294 g/mol. The van der Waals surface area contributed by atoms with Gasteiger partial charge in [-0.3, -0.25) is 14.3 Å². The van der Waals surface area contributed by atoms with Gasteiger partial charge in [0.25, 0.3) is 5.91 Å². The number of alkyl halides is 1. The number of hydrogen-bond acceptors (Lipinski definition) is 4. The van der Waals surface area contributed by atoms with E-state index in [1.54, 1.807) is 11.0 Å². The molecule has 2 aromatic heterocycles. The average molecular weight is 294 g/mol. The second-order valence-electron chi connectivity index (χ2n) is 4.99. The third-order valence-corrected chi connectivity index (χ3v) is 4.46. The zero-order chi connectivity index (χ0) is 14.1. The zero-order valence-corrected chi connectivity index (χ0v) is 11.9. The van der Waals surface area contributed by atoms with E-state index in [2.05, 4.69) is 15.2 Å². The van der Waals surface area contributed by atoms with Crippen molar-refractivity contribution in [1.82, 2.24) is 20.1 Å². The van der Waals surface area contributed by atoms with Gasteiger partial charge in [0.15, 0.2) is 5.82 Å². The maximum absolute atomic E-state index is 13.2. The summed E-state index contributed by atoms with van der Waals surface area (Å²) in [5.41, 5.74) is 0. The Hall–Kier alpha value is -1.76. The van der Waals surface area contributed by atoms with Gasteiger partial charge >= 0.3 is 0 Å². The third kappa shape index (κ3) is 2.33. The molecule has 0 bridgehead atoms. The summed E-state index contributed by atoms with van der Waals surface area (Å²) < 4.78 is 13.2. The largest absolute Gasteiger partial charge is 0.337 e. The summed E-state index contributed by atoms with van der Waals surface area (Å²) in [5.74, 6) is 0.920. The van der Waals surface area contributed by atoms with Crippen LogP contribution >= 0.6 is 11.3 Å². The number of hydrogen-bond donors (Lipinski definition) is 1. The van der Waals surface area contributed by atoms with Crippen LogP contribution in [0.2, 0.25) is 0 Å². The molecule has 0 unspecified atom stereocenters. The highest BCUT2D eigenvalue weighted by molar-refractivity contribution is 7.12. The maximum atomic E-state index is 13.2. The summed E-state index contributed by atoms with van der Waals surface area (Å²) in [5, 5.41) is 8.76. The molecule has 0 radical (unpaired) electrons. The third-order valence-electron chi connectivity index (χ3n) is 3.60. The Morgan fingerprint density at radius 2 is 2.45 bits per heavy atom. The number of H-pyrrole nitrogens is 1. The molecule has 3 heterocycles. The van der Waals surface area contributed by atoms with Gasteiger partial charge in [0.05, 0.1) is 11.6 Å². The zero-order valence-electron chi connectivity index (χ0n) is 11.0. The summed E-state index contributed by atoms with van der Waals surface area (Å²) >= 11 is 1.41. The first kappa shape index (κ1) is 13.2. The minimum Gasteiger partial charge on any atom is -0.337 e. The number of nitrogens with zero attached hydrogens (tertiary/aromatic N) is 3. The van der Waals surface area contributed by atoms with E-state index in [1.165, 1.54) is 11.3 Å². The molecule has 2 atom stereocenters. The Bertz CT molecular complexity index is 597. The molecule has 106 valence electrons. The number of carbonyl (C=O) groups excluding carboxylic acids is 1. The fourth-order valence-corrected chi connectivity index (χ4v) is 3.26. The molecule has 1 fully saturated rings. The van der Waals surface area contributed by atoms with Crippen molar-refractivity contribution < 1.29 is 9.18 Å². The first-order valence-corrected chi connectivity index (χ1v) is 7.34. The average Bonchev–Trinajstić information content (AvgIpc) is 3.17. The molecule has 2 aromatic rings. The van der Waals surface area contributed by atoms with Crippen molar-refractivity contribution >= 4 is 17.2 Å². The number of likely N-dealkylation sites (tertiary alicyclic amines) is 1. The van der Waals surface area contributed by atoms with Gasteiger partial charge in [-0.25, -0.2) is 4.98 Å². The molecule has 0 saturated carbocycles. The van der Waals surface area contributed by atoms with Gasteiger partial charge in [-0.1, -0.05) is 6.07 Å². The normalized spacial score (nSPS) is 22.4. The first-order chi connectivity index (χ1) is 9.69. The van der Waals surface area contributed by atoms with E-state index in [4.69, 9.17) is 0 Å². The van der Waals surface area contributed by atoms with Crippen LogP contribution in [0.15, 0.2) is 17.5 Å². The number of carbonyl (C=O) groups is 1. The lowest BCUT2D eigenvalue weighted by Crippen LogP contribution is -2.28. The molecule has 20 heavy (non-hydrogen) atoms. The molecule has 7 heteroatoms. The summed E-state index contributed by atoms with van der Waals surface area (Å²) in [6.07, 6.45) is 0. The first-order valence-electron chi connectivity index (χ1n) is 6.46. The van der Waals surface area contributed by atoms with Crippen molar-refractivity contribution in [3.8, 4) is 0 Å². The van der Waals surface area contributed by atoms with E-state index in [0.29, 0.717) is 29.6 Å². The van der Waals surface area contributed by atoms with Crippen molar-refractivity contribution in [2.45, 2.75) is 12.8 Å². The van der Waals surface area contributed by atoms with Gasteiger partial charge in [-0.15, -0.1) is 11.3 Å². The van der Waals surface area contributed by atoms with Crippen LogP contribution in [0.4, 0.5) is 4.39 Å². The number of rotatable bonds is 3. The van der Waals surface area contributed by atoms with Gasteiger partial charge in [-0.2, -0.15) is 5.10 Å². The molecule has 3 rings (SSSR count). The lowest BCUT2D eigenvalue weighted by Gasteiger charge is -2.14. The molecule has 0 aliphatic carbocycles. The Labute approximate surface area is 119 Å². The summed E-state index contributed by atoms with van der Waals surface area (Å²) in [6.45, 7) is 2.24. The summed E-state index contributed by atoms with van der Waals surface area (Å²) in [4.78, 5) is 19.0. The second kappa shape index (κ2) is 5.32. The Kier molecular flexibility index (Phi) is 3.52. The van der Waals surface area contributed by atoms with Gasteiger partial charge in [0.1, 0.15) is 5.82 Å². The number of halogens is 1. The Morgan fingerprint density at radius 3 is 3.05 bits per heavy atom. The molecule has 5 nitrogen and oxygen atoms in total. The molecule has 0 spiro atoms. The highest BCUT2D eigenvalue weighted by Crippen LogP contribution is 2.32. The molecule has 1 aliphatic heterocycles. The fourth-order valence-electron chi connectivity index (χ4n) is 2.57. The van der Waals surface area contributed by atoms with Gasteiger partial charge < -0.3 is 4.90 Å². The Balaban J connectivity index is 1.79. The quantitative estimate of drug-likeness (QED) is 0.942. The predicted octanol–water partition coefficient (Wildman–Crippen LogP) is 2.00. The van der Waals surface area contributed by atoms with Gasteiger partial charge in [0, 0.05) is 24.9 Å². The lowest BCUT2D eigenvalue weighted by atomic mass is 9.97. The minimum absolute atomic E-state index is 0.0341. The Morgan fingerprint density at radius 1 is 1.60 bits per heavy atom. The van der Waals surface area contributed by atoms with Crippen LogP contribution in [0.5, 0.6) is 0 Å². The van der Waals surface area contributed by atoms with Crippen LogP contribution < -0.4 is 0 Å². The fraction of sp³-hybridized carbons (Fsp3) is 0.462. The number of amides is 1. The van der Waals surface area contributed by atoms with E-state index in [1.807, 2.05) is 18.4 Å². The van der Waals surface area contributed by atoms with Gasteiger partial charge in [0.2, 0.25) is 0 Å². The van der Waals surface area contributed by atoms with Crippen LogP contribution in [0.1, 0.15) is 27.2 Å². The lowest BCUT2D eigenvalue weighted by molar-refractivity contribution is 0.0789. The molecule has 1 aliphatic rings. The number of nitrogens with one attached hydrogen (secondary N) is 1.